The average molecular weight is 367 g/mol. The second-order valence-corrected chi connectivity index (χ2v) is 7.05. The van der Waals surface area contributed by atoms with Crippen LogP contribution < -0.4 is 5.32 Å². The summed E-state index contributed by atoms with van der Waals surface area (Å²) < 4.78 is 0.688. The van der Waals surface area contributed by atoms with Crippen LogP contribution in [0.25, 0.3) is 0 Å². The lowest BCUT2D eigenvalue weighted by Gasteiger charge is -2.22. The van der Waals surface area contributed by atoms with Gasteiger partial charge in [0.1, 0.15) is 0 Å². The molecule has 0 heterocycles. The second-order valence-electron chi connectivity index (χ2n) is 5.85. The number of halogens is 2. The summed E-state index contributed by atoms with van der Waals surface area (Å²) in [5.74, 6) is -0.136. The van der Waals surface area contributed by atoms with E-state index >= 15 is 0 Å². The van der Waals surface area contributed by atoms with Crippen LogP contribution in [0.4, 0.5) is 5.69 Å². The maximum absolute atomic E-state index is 12.6. The van der Waals surface area contributed by atoms with Crippen molar-refractivity contribution in [3.8, 4) is 0 Å². The molecule has 2 aromatic rings. The molecule has 0 bridgehead atoms. The smallest absolute Gasteiger partial charge is 0.255 e. The van der Waals surface area contributed by atoms with E-state index in [2.05, 4.69) is 42.0 Å². The van der Waals surface area contributed by atoms with Gasteiger partial charge >= 0.3 is 0 Å². The summed E-state index contributed by atoms with van der Waals surface area (Å²) >= 11 is 9.44. The summed E-state index contributed by atoms with van der Waals surface area (Å²) in [6.45, 7) is 6.28. The van der Waals surface area contributed by atoms with E-state index < -0.39 is 0 Å². The lowest BCUT2D eigenvalue weighted by molar-refractivity contribution is 0.102. The molecule has 0 radical (unpaired) electrons. The highest BCUT2D eigenvalue weighted by molar-refractivity contribution is 9.10. The average Bonchev–Trinajstić information content (AvgIpc) is 2.43. The highest BCUT2D eigenvalue weighted by Gasteiger charge is 2.21. The van der Waals surface area contributed by atoms with Crippen molar-refractivity contribution < 1.29 is 4.79 Å². The van der Waals surface area contributed by atoms with Gasteiger partial charge in [-0.3, -0.25) is 4.79 Å². The minimum absolute atomic E-state index is 0.0977. The van der Waals surface area contributed by atoms with Crippen molar-refractivity contribution in [1.82, 2.24) is 0 Å². The highest BCUT2D eigenvalue weighted by Crippen LogP contribution is 2.31. The quantitative estimate of drug-likeness (QED) is 0.731. The van der Waals surface area contributed by atoms with E-state index in [4.69, 9.17) is 11.6 Å². The molecule has 0 aliphatic heterocycles. The van der Waals surface area contributed by atoms with Gasteiger partial charge in [-0.2, -0.15) is 0 Å². The van der Waals surface area contributed by atoms with E-state index in [1.165, 1.54) is 0 Å². The number of hydrogen-bond acceptors (Lipinski definition) is 1. The van der Waals surface area contributed by atoms with E-state index in [-0.39, 0.29) is 11.3 Å². The number of benzene rings is 2. The van der Waals surface area contributed by atoms with Crippen molar-refractivity contribution in [2.24, 2.45) is 0 Å². The largest absolute Gasteiger partial charge is 0.321 e. The standard InChI is InChI=1S/C17H17BrClNO/c1-17(2,3)12-8-5-4-7-11(12)16(21)20-14-10-6-9-13(19)15(14)18/h4-10H,1-3H3,(H,20,21). The maximum atomic E-state index is 12.6. The van der Waals surface area contributed by atoms with Crippen molar-refractivity contribution in [1.29, 1.82) is 0 Å². The van der Waals surface area contributed by atoms with Crippen LogP contribution in [0, 0.1) is 0 Å². The molecule has 4 heteroatoms. The van der Waals surface area contributed by atoms with Crippen LogP contribution in [-0.4, -0.2) is 5.91 Å². The molecule has 0 atom stereocenters. The molecule has 1 amide bonds. The molecule has 0 unspecified atom stereocenters. The molecule has 0 fully saturated rings. The van der Waals surface area contributed by atoms with Gasteiger partial charge in [-0.25, -0.2) is 0 Å². The van der Waals surface area contributed by atoms with Gasteiger partial charge in [-0.05, 0) is 45.1 Å². The van der Waals surface area contributed by atoms with Crippen molar-refractivity contribution in [2.75, 3.05) is 5.32 Å². The molecular weight excluding hydrogens is 350 g/mol. The van der Waals surface area contributed by atoms with E-state index in [9.17, 15) is 4.79 Å². The van der Waals surface area contributed by atoms with Gasteiger partial charge in [0.25, 0.3) is 5.91 Å². The number of nitrogens with one attached hydrogen (secondary N) is 1. The molecule has 2 nitrogen and oxygen atoms in total. The number of carbonyl (C=O) groups excluding carboxylic acids is 1. The summed E-state index contributed by atoms with van der Waals surface area (Å²) in [5, 5.41) is 3.48. The lowest BCUT2D eigenvalue weighted by atomic mass is 9.83. The van der Waals surface area contributed by atoms with Crippen molar-refractivity contribution in [2.45, 2.75) is 26.2 Å². The monoisotopic (exact) mass is 365 g/mol. The van der Waals surface area contributed by atoms with Gasteiger partial charge < -0.3 is 5.32 Å². The first-order chi connectivity index (χ1) is 9.80. The van der Waals surface area contributed by atoms with Crippen molar-refractivity contribution >= 4 is 39.1 Å². The summed E-state index contributed by atoms with van der Waals surface area (Å²) in [4.78, 5) is 12.6. The topological polar surface area (TPSA) is 29.1 Å². The molecule has 1 N–H and O–H groups in total. The first-order valence-electron chi connectivity index (χ1n) is 6.65. The number of carbonyl (C=O) groups is 1. The lowest BCUT2D eigenvalue weighted by Crippen LogP contribution is -2.21. The van der Waals surface area contributed by atoms with E-state index in [0.717, 1.165) is 5.56 Å². The Bertz CT molecular complexity index is 677. The zero-order chi connectivity index (χ0) is 15.6. The zero-order valence-electron chi connectivity index (χ0n) is 12.2. The fourth-order valence-electron chi connectivity index (χ4n) is 2.13. The van der Waals surface area contributed by atoms with E-state index in [1.54, 1.807) is 12.1 Å². The molecule has 0 aliphatic rings. The minimum atomic E-state index is -0.136. The number of hydrogen-bond donors (Lipinski definition) is 1. The summed E-state index contributed by atoms with van der Waals surface area (Å²) in [6, 6.07) is 13.0. The zero-order valence-corrected chi connectivity index (χ0v) is 14.5. The number of rotatable bonds is 2. The van der Waals surface area contributed by atoms with Gasteiger partial charge in [0.15, 0.2) is 0 Å². The van der Waals surface area contributed by atoms with Crippen LogP contribution in [0.15, 0.2) is 46.9 Å². The van der Waals surface area contributed by atoms with Gasteiger partial charge in [-0.1, -0.05) is 56.6 Å². The normalized spacial score (nSPS) is 11.3. The first-order valence-corrected chi connectivity index (χ1v) is 7.82. The van der Waals surface area contributed by atoms with Gasteiger partial charge in [-0.15, -0.1) is 0 Å². The van der Waals surface area contributed by atoms with E-state index in [1.807, 2.05) is 30.3 Å². The van der Waals surface area contributed by atoms with Crippen molar-refractivity contribution in [3.63, 3.8) is 0 Å². The van der Waals surface area contributed by atoms with Crippen LogP contribution >= 0.6 is 27.5 Å². The predicted octanol–water partition coefficient (Wildman–Crippen LogP) is 5.65. The SMILES string of the molecule is CC(C)(C)c1ccccc1C(=O)Nc1cccc(Cl)c1Br. The van der Waals surface area contributed by atoms with Crippen LogP contribution in [-0.2, 0) is 5.41 Å². The molecule has 21 heavy (non-hydrogen) atoms. The second kappa shape index (κ2) is 6.20. The Hall–Kier alpha value is -1.32. The third-order valence-electron chi connectivity index (χ3n) is 3.18. The van der Waals surface area contributed by atoms with Crippen LogP contribution in [0.2, 0.25) is 5.02 Å². The third kappa shape index (κ3) is 3.66. The fraction of sp³-hybridized carbons (Fsp3) is 0.235. The number of amides is 1. The third-order valence-corrected chi connectivity index (χ3v) is 4.58. The van der Waals surface area contributed by atoms with Gasteiger partial charge in [0, 0.05) is 5.56 Å². The Morgan fingerprint density at radius 3 is 2.43 bits per heavy atom. The predicted molar refractivity (Wildman–Crippen MR) is 92.2 cm³/mol. The van der Waals surface area contributed by atoms with Crippen LogP contribution in [0.5, 0.6) is 0 Å². The maximum Gasteiger partial charge on any atom is 0.255 e. The Labute approximate surface area is 138 Å². The Kier molecular flexibility index (Phi) is 4.74. The molecule has 0 spiro atoms. The molecule has 0 aromatic heterocycles. The molecule has 110 valence electrons. The van der Waals surface area contributed by atoms with Gasteiger partial charge in [0.05, 0.1) is 15.2 Å². The minimum Gasteiger partial charge on any atom is -0.321 e. The molecule has 2 rings (SSSR count). The molecular formula is C17H17BrClNO. The molecule has 0 aliphatic carbocycles. The fourth-order valence-corrected chi connectivity index (χ4v) is 2.66. The molecule has 0 saturated carbocycles. The van der Waals surface area contributed by atoms with Crippen LogP contribution in [0.3, 0.4) is 0 Å². The van der Waals surface area contributed by atoms with Crippen molar-refractivity contribution in [3.05, 3.63) is 63.1 Å². The number of anilines is 1. The summed E-state index contributed by atoms with van der Waals surface area (Å²) in [6.07, 6.45) is 0. The molecule has 0 saturated heterocycles. The first kappa shape index (κ1) is 16.1. The van der Waals surface area contributed by atoms with E-state index in [0.29, 0.717) is 20.7 Å². The van der Waals surface area contributed by atoms with Gasteiger partial charge in [0.2, 0.25) is 0 Å². The Balaban J connectivity index is 2.36. The Morgan fingerprint density at radius 2 is 1.76 bits per heavy atom. The Morgan fingerprint density at radius 1 is 1.10 bits per heavy atom. The summed E-state index contributed by atoms with van der Waals surface area (Å²) in [5.41, 5.74) is 2.26. The molecule has 2 aromatic carbocycles. The highest BCUT2D eigenvalue weighted by atomic mass is 79.9. The van der Waals surface area contributed by atoms with Crippen LogP contribution in [0.1, 0.15) is 36.7 Å². The summed E-state index contributed by atoms with van der Waals surface area (Å²) in [7, 11) is 0.